The standard InChI is InChI=1S/C25H30N2O3/c1-17(27-24(30-4)19-10-8-18(9-11-19)23(26)28)20-12-13-22(29-3)21(16-20)25(2)14-6-5-7-15-25/h8-13,16H,1,5-7,14-15H2,2-4H3,(H2,26,28)/b27-24-. The maximum atomic E-state index is 11.3. The Balaban J connectivity index is 1.93. The molecule has 2 N–H and O–H groups in total. The second-order valence-corrected chi connectivity index (χ2v) is 8.05. The van der Waals surface area contributed by atoms with Crippen LogP contribution in [0.3, 0.4) is 0 Å². The Bertz CT molecular complexity index is 955. The molecule has 0 saturated heterocycles. The minimum atomic E-state index is -0.469. The molecule has 0 spiro atoms. The van der Waals surface area contributed by atoms with Crippen LogP contribution in [-0.2, 0) is 10.2 Å². The highest BCUT2D eigenvalue weighted by Crippen LogP contribution is 2.43. The summed E-state index contributed by atoms with van der Waals surface area (Å²) >= 11 is 0. The van der Waals surface area contributed by atoms with Crippen LogP contribution in [0.15, 0.2) is 54.0 Å². The van der Waals surface area contributed by atoms with Gasteiger partial charge in [0.15, 0.2) is 0 Å². The molecule has 1 amide bonds. The third-order valence-corrected chi connectivity index (χ3v) is 5.99. The van der Waals surface area contributed by atoms with E-state index in [9.17, 15) is 4.79 Å². The van der Waals surface area contributed by atoms with Crippen LogP contribution in [0.1, 0.15) is 66.1 Å². The first-order chi connectivity index (χ1) is 14.4. The van der Waals surface area contributed by atoms with Gasteiger partial charge in [0.1, 0.15) is 5.75 Å². The molecule has 3 rings (SSSR count). The molecule has 5 heteroatoms. The number of rotatable bonds is 6. The Kier molecular flexibility index (Phi) is 6.60. The third-order valence-electron chi connectivity index (χ3n) is 5.99. The molecule has 2 aromatic rings. The number of amides is 1. The molecule has 0 radical (unpaired) electrons. The van der Waals surface area contributed by atoms with Crippen LogP contribution < -0.4 is 10.5 Å². The number of hydrogen-bond acceptors (Lipinski definition) is 4. The van der Waals surface area contributed by atoms with E-state index >= 15 is 0 Å². The molecule has 1 aliphatic carbocycles. The zero-order valence-corrected chi connectivity index (χ0v) is 18.0. The van der Waals surface area contributed by atoms with Gasteiger partial charge in [-0.25, -0.2) is 4.99 Å². The van der Waals surface area contributed by atoms with Crippen molar-refractivity contribution in [2.45, 2.75) is 44.4 Å². The Hall–Kier alpha value is -3.08. The summed E-state index contributed by atoms with van der Waals surface area (Å²) in [5, 5.41) is 0. The zero-order chi connectivity index (χ0) is 21.7. The lowest BCUT2D eigenvalue weighted by molar-refractivity contribution is 0.100. The molecule has 1 saturated carbocycles. The van der Waals surface area contributed by atoms with Crippen molar-refractivity contribution < 1.29 is 14.3 Å². The van der Waals surface area contributed by atoms with Crippen molar-refractivity contribution in [1.29, 1.82) is 0 Å². The van der Waals surface area contributed by atoms with E-state index in [1.54, 1.807) is 38.5 Å². The zero-order valence-electron chi connectivity index (χ0n) is 18.0. The Morgan fingerprint density at radius 1 is 1.00 bits per heavy atom. The first-order valence-electron chi connectivity index (χ1n) is 10.3. The molecule has 158 valence electrons. The van der Waals surface area contributed by atoms with Crippen LogP contribution in [0.5, 0.6) is 5.75 Å². The Morgan fingerprint density at radius 2 is 1.60 bits per heavy atom. The summed E-state index contributed by atoms with van der Waals surface area (Å²) in [6.07, 6.45) is 6.06. The lowest BCUT2D eigenvalue weighted by atomic mass is 9.70. The summed E-state index contributed by atoms with van der Waals surface area (Å²) in [6.45, 7) is 6.49. The number of methoxy groups -OCH3 is 2. The van der Waals surface area contributed by atoms with E-state index in [1.807, 2.05) is 12.1 Å². The number of hydrogen-bond donors (Lipinski definition) is 1. The van der Waals surface area contributed by atoms with E-state index in [0.29, 0.717) is 17.2 Å². The quantitative estimate of drug-likeness (QED) is 0.537. The predicted octanol–water partition coefficient (Wildman–Crippen LogP) is 5.08. The Morgan fingerprint density at radius 3 is 2.17 bits per heavy atom. The number of carbonyl (C=O) groups excluding carboxylic acids is 1. The molecule has 0 heterocycles. The van der Waals surface area contributed by atoms with Gasteiger partial charge in [-0.2, -0.15) is 0 Å². The van der Waals surface area contributed by atoms with Gasteiger partial charge in [-0.3, -0.25) is 4.79 Å². The van der Waals surface area contributed by atoms with Gasteiger partial charge in [0.25, 0.3) is 0 Å². The largest absolute Gasteiger partial charge is 0.496 e. The number of primary amides is 1. The SMILES string of the molecule is C=C(/N=C(\OC)c1ccc(C(N)=O)cc1)c1ccc(OC)c(C2(C)CCCCC2)c1. The van der Waals surface area contributed by atoms with Gasteiger partial charge in [0, 0.05) is 22.3 Å². The number of benzene rings is 2. The lowest BCUT2D eigenvalue weighted by Crippen LogP contribution is -2.25. The van der Waals surface area contributed by atoms with Crippen molar-refractivity contribution in [2.24, 2.45) is 10.7 Å². The molecular formula is C25H30N2O3. The highest BCUT2D eigenvalue weighted by molar-refractivity contribution is 5.99. The van der Waals surface area contributed by atoms with Gasteiger partial charge in [-0.05, 0) is 60.7 Å². The molecule has 5 nitrogen and oxygen atoms in total. The van der Waals surface area contributed by atoms with Crippen LogP contribution in [0.4, 0.5) is 0 Å². The van der Waals surface area contributed by atoms with Crippen molar-refractivity contribution in [3.8, 4) is 5.75 Å². The van der Waals surface area contributed by atoms with Crippen LogP contribution >= 0.6 is 0 Å². The topological polar surface area (TPSA) is 73.9 Å². The van der Waals surface area contributed by atoms with E-state index in [1.165, 1.54) is 24.8 Å². The maximum absolute atomic E-state index is 11.3. The highest BCUT2D eigenvalue weighted by Gasteiger charge is 2.31. The Labute approximate surface area is 178 Å². The lowest BCUT2D eigenvalue weighted by Gasteiger charge is -2.35. The third kappa shape index (κ3) is 4.56. The van der Waals surface area contributed by atoms with E-state index in [2.05, 4.69) is 24.6 Å². The summed E-state index contributed by atoms with van der Waals surface area (Å²) < 4.78 is 11.2. The van der Waals surface area contributed by atoms with E-state index in [4.69, 9.17) is 15.2 Å². The monoisotopic (exact) mass is 406 g/mol. The first kappa shape index (κ1) is 21.6. The number of ether oxygens (including phenoxy) is 2. The molecule has 0 aromatic heterocycles. The van der Waals surface area contributed by atoms with Crippen molar-refractivity contribution in [2.75, 3.05) is 14.2 Å². The van der Waals surface area contributed by atoms with Crippen LogP contribution in [0.25, 0.3) is 5.70 Å². The maximum Gasteiger partial charge on any atom is 0.248 e. The average molecular weight is 407 g/mol. The molecule has 1 fully saturated rings. The molecule has 0 bridgehead atoms. The number of nitrogens with two attached hydrogens (primary N) is 1. The van der Waals surface area contributed by atoms with Gasteiger partial charge in [0.05, 0.1) is 19.9 Å². The predicted molar refractivity (Wildman–Crippen MR) is 121 cm³/mol. The van der Waals surface area contributed by atoms with Gasteiger partial charge in [0.2, 0.25) is 11.8 Å². The average Bonchev–Trinajstić information content (AvgIpc) is 2.77. The van der Waals surface area contributed by atoms with E-state index in [-0.39, 0.29) is 5.41 Å². The molecule has 0 unspecified atom stereocenters. The summed E-state index contributed by atoms with van der Waals surface area (Å²) in [7, 11) is 3.28. The summed E-state index contributed by atoms with van der Waals surface area (Å²) in [5.74, 6) is 0.870. The molecule has 2 aromatic carbocycles. The van der Waals surface area contributed by atoms with Crippen molar-refractivity contribution in [3.05, 3.63) is 71.3 Å². The van der Waals surface area contributed by atoms with Gasteiger partial charge >= 0.3 is 0 Å². The second kappa shape index (κ2) is 9.16. The molecular weight excluding hydrogens is 376 g/mol. The highest BCUT2D eigenvalue weighted by atomic mass is 16.5. The van der Waals surface area contributed by atoms with Gasteiger partial charge in [-0.15, -0.1) is 0 Å². The van der Waals surface area contributed by atoms with Gasteiger partial charge < -0.3 is 15.2 Å². The molecule has 30 heavy (non-hydrogen) atoms. The summed E-state index contributed by atoms with van der Waals surface area (Å²) in [4.78, 5) is 15.9. The van der Waals surface area contributed by atoms with E-state index < -0.39 is 5.91 Å². The number of aliphatic imine (C=N–C) groups is 1. The number of nitrogens with zero attached hydrogens (tertiary/aromatic N) is 1. The first-order valence-corrected chi connectivity index (χ1v) is 10.3. The molecule has 0 atom stereocenters. The normalized spacial score (nSPS) is 16.0. The van der Waals surface area contributed by atoms with Crippen LogP contribution in [0, 0.1) is 0 Å². The second-order valence-electron chi connectivity index (χ2n) is 8.05. The minimum Gasteiger partial charge on any atom is -0.496 e. The fourth-order valence-electron chi connectivity index (χ4n) is 4.15. The minimum absolute atomic E-state index is 0.0955. The van der Waals surface area contributed by atoms with Crippen molar-refractivity contribution in [1.82, 2.24) is 0 Å². The fourth-order valence-corrected chi connectivity index (χ4v) is 4.15. The van der Waals surface area contributed by atoms with Crippen LogP contribution in [0.2, 0.25) is 0 Å². The van der Waals surface area contributed by atoms with Gasteiger partial charge in [-0.1, -0.05) is 32.8 Å². The van der Waals surface area contributed by atoms with Crippen molar-refractivity contribution >= 4 is 17.5 Å². The van der Waals surface area contributed by atoms with Crippen LogP contribution in [-0.4, -0.2) is 26.0 Å². The number of carbonyl (C=O) groups is 1. The molecule has 0 aliphatic heterocycles. The summed E-state index contributed by atoms with van der Waals surface area (Å²) in [5.41, 5.74) is 9.34. The fraction of sp³-hybridized carbons (Fsp3) is 0.360. The van der Waals surface area contributed by atoms with Crippen molar-refractivity contribution in [3.63, 3.8) is 0 Å². The smallest absolute Gasteiger partial charge is 0.248 e. The van der Waals surface area contributed by atoms with E-state index in [0.717, 1.165) is 29.7 Å². The summed E-state index contributed by atoms with van der Waals surface area (Å²) in [6, 6.07) is 13.0. The molecule has 1 aliphatic rings.